The summed E-state index contributed by atoms with van der Waals surface area (Å²) in [5, 5.41) is 0. The van der Waals surface area contributed by atoms with Gasteiger partial charge in [0, 0.05) is 0 Å². The van der Waals surface area contributed by atoms with Gasteiger partial charge in [-0.3, -0.25) is 0 Å². The maximum absolute atomic E-state index is 0. The van der Waals surface area contributed by atoms with Gasteiger partial charge in [-0.25, -0.2) is 0 Å². The quantitative estimate of drug-likeness (QED) is 0.319. The molecule has 0 aromatic rings. The molecule has 0 aliphatic rings. The molecule has 0 aromatic carbocycles. The normalized spacial score (nSPS) is 0. The first-order valence-corrected chi connectivity index (χ1v) is 0. The van der Waals surface area contributed by atoms with Crippen molar-refractivity contribution in [2.24, 2.45) is 0 Å². The van der Waals surface area contributed by atoms with E-state index < -0.39 is 0 Å². The molecule has 0 bridgehead atoms. The molecule has 0 saturated carbocycles. The van der Waals surface area contributed by atoms with Crippen LogP contribution in [0, 0.1) is 0 Å². The maximum atomic E-state index is 0. The van der Waals surface area contributed by atoms with Gasteiger partial charge in [0.15, 0.2) is 0 Å². The summed E-state index contributed by atoms with van der Waals surface area (Å²) in [4.78, 5) is 0. The van der Waals surface area contributed by atoms with Crippen molar-refractivity contribution in [3.8, 4) is 0 Å². The Hall–Kier alpha value is 4.00. The molecule has 16 valence electrons. The first-order chi connectivity index (χ1) is 0. The monoisotopic (exact) mass is 112 g/mol. The number of hydrogen-bond acceptors (Lipinski definition) is 0. The van der Waals surface area contributed by atoms with Gasteiger partial charge in [-0.2, -0.15) is 0 Å². The van der Waals surface area contributed by atoms with Gasteiger partial charge < -0.3 is 0 Å². The molecule has 0 nitrogen and oxygen atoms in total. The summed E-state index contributed by atoms with van der Waals surface area (Å²) in [6, 6.07) is 0. The molecule has 0 aliphatic heterocycles. The number of rotatable bonds is 0. The second kappa shape index (κ2) is 24.5. The topological polar surface area (TPSA) is 0 Å². The van der Waals surface area contributed by atoms with Crippen molar-refractivity contribution in [2.75, 3.05) is 0 Å². The van der Waals surface area contributed by atoms with Crippen molar-refractivity contribution in [3.63, 3.8) is 0 Å². The molecule has 0 unspecified atom stereocenters. The van der Waals surface area contributed by atoms with Crippen LogP contribution >= 0.6 is 0 Å². The van der Waals surface area contributed by atoms with Gasteiger partial charge in [0.05, 0.1) is 0 Å². The summed E-state index contributed by atoms with van der Waals surface area (Å²) in [6.45, 7) is 0. The van der Waals surface area contributed by atoms with Crippen LogP contribution in [0.3, 0.4) is 0 Å². The molecular formula is CH8Na4. The van der Waals surface area contributed by atoms with Crippen molar-refractivity contribution in [3.05, 3.63) is 0 Å². The van der Waals surface area contributed by atoms with Crippen LogP contribution in [0.2, 0.25) is 0 Å². The van der Waals surface area contributed by atoms with E-state index in [9.17, 15) is 0 Å². The molecule has 0 fully saturated rings. The van der Waals surface area contributed by atoms with E-state index >= 15 is 0 Å². The molecule has 0 heterocycles. The van der Waals surface area contributed by atoms with Crippen molar-refractivity contribution < 1.29 is 0 Å². The summed E-state index contributed by atoms with van der Waals surface area (Å²) < 4.78 is 0. The second-order valence-corrected chi connectivity index (χ2v) is 0. The van der Waals surface area contributed by atoms with Gasteiger partial charge >= 0.3 is 118 Å². The zero-order valence-electron chi connectivity index (χ0n) is 0. The predicted octanol–water partition coefficient (Wildman–Crippen LogP) is -1.96. The molecule has 0 aromatic heterocycles. The molecule has 0 amide bonds. The minimum absolute atomic E-state index is 0. The summed E-state index contributed by atoms with van der Waals surface area (Å²) in [5.41, 5.74) is 0. The fourth-order valence-corrected chi connectivity index (χ4v) is 0. The van der Waals surface area contributed by atoms with Crippen LogP contribution in [0.1, 0.15) is 7.43 Å². The summed E-state index contributed by atoms with van der Waals surface area (Å²) in [7, 11) is 0. The molecule has 0 atom stereocenters. The number of hydrogen-bond donors (Lipinski definition) is 0. The third-order valence-corrected chi connectivity index (χ3v) is 0. The van der Waals surface area contributed by atoms with Crippen molar-refractivity contribution in [1.29, 1.82) is 0 Å². The van der Waals surface area contributed by atoms with Crippen molar-refractivity contribution in [2.45, 2.75) is 7.43 Å². The van der Waals surface area contributed by atoms with Crippen molar-refractivity contribution in [1.82, 2.24) is 0 Å². The molecule has 0 spiro atoms. The average Bonchev–Trinajstić information content (AvgIpc) is 0. The second-order valence-electron chi connectivity index (χ2n) is 0. The van der Waals surface area contributed by atoms with Crippen LogP contribution < -0.4 is 0 Å². The first-order valence-electron chi connectivity index (χ1n) is 0. The molecule has 4 heteroatoms. The summed E-state index contributed by atoms with van der Waals surface area (Å²) in [6.07, 6.45) is 0. The molecule has 0 saturated heterocycles. The Labute approximate surface area is 122 Å². The predicted molar refractivity (Wildman–Crippen MR) is 35.3 cm³/mol. The summed E-state index contributed by atoms with van der Waals surface area (Å²) >= 11 is 0. The van der Waals surface area contributed by atoms with Crippen LogP contribution in [-0.4, -0.2) is 118 Å². The zero-order valence-corrected chi connectivity index (χ0v) is 0. The molecule has 5 heavy (non-hydrogen) atoms. The van der Waals surface area contributed by atoms with Crippen LogP contribution in [0.25, 0.3) is 0 Å². The van der Waals surface area contributed by atoms with Crippen LogP contribution in [-0.2, 0) is 0 Å². The van der Waals surface area contributed by atoms with E-state index in [-0.39, 0.29) is 126 Å². The summed E-state index contributed by atoms with van der Waals surface area (Å²) in [5.74, 6) is 0. The molecule has 0 rings (SSSR count). The molecule has 0 N–H and O–H groups in total. The average molecular weight is 112 g/mol. The van der Waals surface area contributed by atoms with Crippen LogP contribution in [0.4, 0.5) is 0 Å². The van der Waals surface area contributed by atoms with E-state index in [0.717, 1.165) is 0 Å². The van der Waals surface area contributed by atoms with E-state index in [4.69, 9.17) is 0 Å². The van der Waals surface area contributed by atoms with Gasteiger partial charge in [0.1, 0.15) is 0 Å². The first kappa shape index (κ1) is 36.0. The van der Waals surface area contributed by atoms with Gasteiger partial charge in [-0.1, -0.05) is 7.43 Å². The van der Waals surface area contributed by atoms with Gasteiger partial charge in [0.2, 0.25) is 0 Å². The third kappa shape index (κ3) is 18.0. The minimum atomic E-state index is 0. The SMILES string of the molecule is C.[NaH].[NaH].[NaH].[NaH]. The van der Waals surface area contributed by atoms with E-state index in [1.807, 2.05) is 0 Å². The Morgan fingerprint density at radius 3 is 0.400 bits per heavy atom. The fourth-order valence-electron chi connectivity index (χ4n) is 0. The third-order valence-electron chi connectivity index (χ3n) is 0. The van der Waals surface area contributed by atoms with E-state index in [1.165, 1.54) is 0 Å². The Balaban J connectivity index is 0. The Bertz CT molecular complexity index is 3.61. The molecule has 0 radical (unpaired) electrons. The van der Waals surface area contributed by atoms with E-state index in [0.29, 0.717) is 0 Å². The van der Waals surface area contributed by atoms with E-state index in [2.05, 4.69) is 0 Å². The standard InChI is InChI=1S/CH4.4Na.4H/h1H4;;;;;;;;. The van der Waals surface area contributed by atoms with Gasteiger partial charge in [-0.05, 0) is 0 Å². The van der Waals surface area contributed by atoms with Gasteiger partial charge in [-0.15, -0.1) is 0 Å². The zero-order chi connectivity index (χ0) is 0. The fraction of sp³-hybridized carbons (Fsp3) is 1.00. The Morgan fingerprint density at radius 1 is 0.400 bits per heavy atom. The molecular weight excluding hydrogens is 104 g/mol. The Kier molecular flexibility index (Phi) is 176. The Morgan fingerprint density at radius 2 is 0.400 bits per heavy atom. The molecule has 0 aliphatic carbocycles. The van der Waals surface area contributed by atoms with Crippen LogP contribution in [0.5, 0.6) is 0 Å². The van der Waals surface area contributed by atoms with Crippen molar-refractivity contribution >= 4 is 118 Å². The van der Waals surface area contributed by atoms with Gasteiger partial charge in [0.25, 0.3) is 0 Å². The van der Waals surface area contributed by atoms with E-state index in [1.54, 1.807) is 0 Å². The van der Waals surface area contributed by atoms with Crippen LogP contribution in [0.15, 0.2) is 0 Å².